The molecule has 2 fully saturated rings. The number of fused-ring (bicyclic) bond motifs is 1. The van der Waals surface area contributed by atoms with Crippen LogP contribution in [0.15, 0.2) is 0 Å². The van der Waals surface area contributed by atoms with Crippen LogP contribution in [0, 0.1) is 5.92 Å². The van der Waals surface area contributed by atoms with E-state index in [0.717, 1.165) is 12.0 Å². The Hall–Kier alpha value is -0.0800. The van der Waals surface area contributed by atoms with Gasteiger partial charge in [0.1, 0.15) is 0 Å². The van der Waals surface area contributed by atoms with E-state index >= 15 is 0 Å². The van der Waals surface area contributed by atoms with Crippen LogP contribution < -0.4 is 11.1 Å². The van der Waals surface area contributed by atoms with Crippen LogP contribution in [0.25, 0.3) is 0 Å². The van der Waals surface area contributed by atoms with Crippen LogP contribution in [0.2, 0.25) is 0 Å². The molecule has 0 radical (unpaired) electrons. The minimum atomic E-state index is 0.496. The molecule has 0 spiro atoms. The second kappa shape index (κ2) is 3.11. The highest BCUT2D eigenvalue weighted by Gasteiger charge is 2.30. The van der Waals surface area contributed by atoms with E-state index in [1.807, 2.05) is 0 Å². The van der Waals surface area contributed by atoms with Crippen molar-refractivity contribution in [3.05, 3.63) is 0 Å². The van der Waals surface area contributed by atoms with Crippen LogP contribution in [0.1, 0.15) is 32.1 Å². The van der Waals surface area contributed by atoms with Crippen LogP contribution in [0.3, 0.4) is 0 Å². The first-order valence-electron chi connectivity index (χ1n) is 4.85. The molecule has 11 heavy (non-hydrogen) atoms. The second-order valence-corrected chi connectivity index (χ2v) is 4.04. The van der Waals surface area contributed by atoms with Crippen molar-refractivity contribution in [3.63, 3.8) is 0 Å². The molecule has 2 aliphatic rings. The number of hydrogen-bond donors (Lipinski definition) is 2. The molecule has 3 N–H and O–H groups in total. The minimum Gasteiger partial charge on any atom is -0.328 e. The van der Waals surface area contributed by atoms with Crippen molar-refractivity contribution in [3.8, 4) is 0 Å². The summed E-state index contributed by atoms with van der Waals surface area (Å²) in [5.74, 6) is 0.896. The van der Waals surface area contributed by atoms with Crippen molar-refractivity contribution in [1.82, 2.24) is 5.32 Å². The van der Waals surface area contributed by atoms with Gasteiger partial charge in [0.2, 0.25) is 0 Å². The second-order valence-electron chi connectivity index (χ2n) is 4.04. The quantitative estimate of drug-likeness (QED) is 0.543. The van der Waals surface area contributed by atoms with Gasteiger partial charge < -0.3 is 11.1 Å². The van der Waals surface area contributed by atoms with E-state index < -0.39 is 0 Å². The first-order chi connectivity index (χ1) is 5.36. The number of nitrogens with one attached hydrogen (secondary N) is 1. The maximum absolute atomic E-state index is 5.91. The van der Waals surface area contributed by atoms with E-state index in [1.54, 1.807) is 0 Å². The molecule has 2 heteroatoms. The summed E-state index contributed by atoms with van der Waals surface area (Å²) in [7, 11) is 0. The molecule has 1 saturated carbocycles. The monoisotopic (exact) mass is 154 g/mol. The molecule has 2 nitrogen and oxygen atoms in total. The summed E-state index contributed by atoms with van der Waals surface area (Å²) in [6.07, 6.45) is 6.57. The van der Waals surface area contributed by atoms with E-state index in [1.165, 1.54) is 38.6 Å². The zero-order chi connectivity index (χ0) is 7.68. The van der Waals surface area contributed by atoms with Gasteiger partial charge in [0.25, 0.3) is 0 Å². The van der Waals surface area contributed by atoms with Gasteiger partial charge in [0, 0.05) is 12.1 Å². The summed E-state index contributed by atoms with van der Waals surface area (Å²) in [6, 6.07) is 1.31. The van der Waals surface area contributed by atoms with Crippen LogP contribution in [0.4, 0.5) is 0 Å². The summed E-state index contributed by atoms with van der Waals surface area (Å²) in [6.45, 7) is 1.23. The molecule has 1 saturated heterocycles. The van der Waals surface area contributed by atoms with Crippen molar-refractivity contribution in [1.29, 1.82) is 0 Å². The average Bonchev–Trinajstić information content (AvgIpc) is 2.04. The fraction of sp³-hybridized carbons (Fsp3) is 1.00. The predicted molar refractivity (Wildman–Crippen MR) is 46.3 cm³/mol. The SMILES string of the molecule is N[C@@H]1CC[C@@H]2NCCC[C@@H]2C1. The predicted octanol–water partition coefficient (Wildman–Crippen LogP) is 0.866. The van der Waals surface area contributed by atoms with Crippen molar-refractivity contribution < 1.29 is 0 Å². The van der Waals surface area contributed by atoms with Gasteiger partial charge in [-0.05, 0) is 44.6 Å². The van der Waals surface area contributed by atoms with Crippen molar-refractivity contribution in [2.75, 3.05) is 6.54 Å². The van der Waals surface area contributed by atoms with Crippen LogP contribution in [0.5, 0.6) is 0 Å². The highest BCUT2D eigenvalue weighted by Crippen LogP contribution is 2.29. The Labute approximate surface area is 68.5 Å². The van der Waals surface area contributed by atoms with Crippen LogP contribution in [-0.4, -0.2) is 18.6 Å². The Bertz CT molecular complexity index is 136. The smallest absolute Gasteiger partial charge is 0.00964 e. The lowest BCUT2D eigenvalue weighted by atomic mass is 9.77. The summed E-state index contributed by atoms with van der Waals surface area (Å²) < 4.78 is 0. The number of rotatable bonds is 0. The molecule has 64 valence electrons. The van der Waals surface area contributed by atoms with Gasteiger partial charge in [0.15, 0.2) is 0 Å². The fourth-order valence-corrected chi connectivity index (χ4v) is 2.54. The summed E-state index contributed by atoms with van der Waals surface area (Å²) in [5.41, 5.74) is 5.91. The largest absolute Gasteiger partial charge is 0.328 e. The molecule has 1 aliphatic carbocycles. The Morgan fingerprint density at radius 1 is 1.18 bits per heavy atom. The molecular formula is C9H18N2. The third-order valence-electron chi connectivity index (χ3n) is 3.18. The molecule has 2 rings (SSSR count). The number of nitrogens with two attached hydrogens (primary N) is 1. The van der Waals surface area contributed by atoms with Gasteiger partial charge in [0.05, 0.1) is 0 Å². The van der Waals surface area contributed by atoms with Crippen LogP contribution in [-0.2, 0) is 0 Å². The van der Waals surface area contributed by atoms with E-state index in [9.17, 15) is 0 Å². The molecule has 0 aromatic rings. The lowest BCUT2D eigenvalue weighted by molar-refractivity contribution is 0.195. The van der Waals surface area contributed by atoms with E-state index in [-0.39, 0.29) is 0 Å². The maximum Gasteiger partial charge on any atom is 0.00964 e. The van der Waals surface area contributed by atoms with E-state index in [4.69, 9.17) is 5.73 Å². The first kappa shape index (κ1) is 7.56. The molecule has 0 aromatic carbocycles. The number of hydrogen-bond acceptors (Lipinski definition) is 2. The molecule has 1 heterocycles. The lowest BCUT2D eigenvalue weighted by Gasteiger charge is -2.38. The Morgan fingerprint density at radius 3 is 3.00 bits per heavy atom. The summed E-state index contributed by atoms with van der Waals surface area (Å²) in [5, 5.41) is 3.59. The third kappa shape index (κ3) is 1.57. The maximum atomic E-state index is 5.91. The molecule has 0 aromatic heterocycles. The van der Waals surface area contributed by atoms with Crippen LogP contribution >= 0.6 is 0 Å². The van der Waals surface area contributed by atoms with Crippen molar-refractivity contribution in [2.45, 2.75) is 44.2 Å². The highest BCUT2D eigenvalue weighted by molar-refractivity contribution is 4.88. The molecule has 0 bridgehead atoms. The van der Waals surface area contributed by atoms with Gasteiger partial charge >= 0.3 is 0 Å². The Morgan fingerprint density at radius 2 is 2.09 bits per heavy atom. The molecule has 3 atom stereocenters. The molecule has 0 unspecified atom stereocenters. The Kier molecular flexibility index (Phi) is 2.14. The standard InChI is InChI=1S/C9H18N2/c10-8-3-4-9-7(6-8)2-1-5-11-9/h7-9,11H,1-6,10H2/t7-,8-,9+/m1/s1. The molecular weight excluding hydrogens is 136 g/mol. The van der Waals surface area contributed by atoms with Gasteiger partial charge in [-0.1, -0.05) is 0 Å². The van der Waals surface area contributed by atoms with Gasteiger partial charge in [-0.3, -0.25) is 0 Å². The minimum absolute atomic E-state index is 0.496. The van der Waals surface area contributed by atoms with Gasteiger partial charge in [-0.25, -0.2) is 0 Å². The fourth-order valence-electron chi connectivity index (χ4n) is 2.54. The lowest BCUT2D eigenvalue weighted by Crippen LogP contribution is -2.47. The van der Waals surface area contributed by atoms with Gasteiger partial charge in [-0.2, -0.15) is 0 Å². The zero-order valence-electron chi connectivity index (χ0n) is 7.05. The van der Waals surface area contributed by atoms with Gasteiger partial charge in [-0.15, -0.1) is 0 Å². The zero-order valence-corrected chi connectivity index (χ0v) is 7.05. The summed E-state index contributed by atoms with van der Waals surface area (Å²) >= 11 is 0. The molecule has 0 amide bonds. The third-order valence-corrected chi connectivity index (χ3v) is 3.18. The first-order valence-corrected chi connectivity index (χ1v) is 4.85. The summed E-state index contributed by atoms with van der Waals surface area (Å²) in [4.78, 5) is 0. The van der Waals surface area contributed by atoms with Crippen molar-refractivity contribution in [2.24, 2.45) is 11.7 Å². The van der Waals surface area contributed by atoms with Crippen molar-refractivity contribution >= 4 is 0 Å². The normalized spacial score (nSPS) is 45.0. The Balaban J connectivity index is 1.93. The topological polar surface area (TPSA) is 38.0 Å². The molecule has 1 aliphatic heterocycles. The van der Waals surface area contributed by atoms with E-state index in [0.29, 0.717) is 6.04 Å². The van der Waals surface area contributed by atoms with E-state index in [2.05, 4.69) is 5.32 Å². The highest BCUT2D eigenvalue weighted by atomic mass is 14.9. The average molecular weight is 154 g/mol. The number of piperidine rings is 1.